The zero-order valence-corrected chi connectivity index (χ0v) is 26.5. The molecule has 0 bridgehead atoms. The highest BCUT2D eigenvalue weighted by Gasteiger charge is 2.34. The van der Waals surface area contributed by atoms with Crippen molar-refractivity contribution >= 4 is 62.2 Å². The van der Waals surface area contributed by atoms with E-state index in [1.165, 1.54) is 25.0 Å². The number of hydrogen-bond acceptors (Lipinski definition) is 5. The lowest BCUT2D eigenvalue weighted by Crippen LogP contribution is -2.42. The van der Waals surface area contributed by atoms with Gasteiger partial charge in [0.05, 0.1) is 21.8 Å². The molecule has 3 aromatic rings. The number of hydrogen-bond donors (Lipinski definition) is 2. The number of fused-ring (bicyclic) bond motifs is 1. The van der Waals surface area contributed by atoms with Crippen LogP contribution in [0, 0.1) is 13.8 Å². The van der Waals surface area contributed by atoms with Gasteiger partial charge in [-0.05, 0) is 94.6 Å². The average molecular weight is 642 g/mol. The molecule has 0 aliphatic carbocycles. The van der Waals surface area contributed by atoms with E-state index in [2.05, 4.69) is 15.2 Å². The molecular weight excluding hydrogens is 607 g/mol. The third-order valence-corrected chi connectivity index (χ3v) is 11.2. The molecule has 0 spiro atoms. The molecule has 1 aromatic heterocycles. The number of H-pyrrole nitrogens is 1. The fraction of sp³-hybridized carbons (Fsp3) is 0.375. The largest absolute Gasteiger partial charge is 0.358 e. The third-order valence-electron chi connectivity index (χ3n) is 8.81. The molecule has 3 aliphatic rings. The number of aromatic nitrogens is 1. The first-order valence-corrected chi connectivity index (χ1v) is 17.0. The number of halogens is 2. The summed E-state index contributed by atoms with van der Waals surface area (Å²) >= 11 is 12.5. The summed E-state index contributed by atoms with van der Waals surface area (Å²) in [6, 6.07) is 9.62. The van der Waals surface area contributed by atoms with Gasteiger partial charge in [0, 0.05) is 57.4 Å². The number of rotatable bonds is 7. The number of carbonyl (C=O) groups excluding carboxylic acids is 2. The maximum Gasteiger partial charge on any atom is 0.256 e. The number of anilines is 1. The first kappa shape index (κ1) is 29.9. The lowest BCUT2D eigenvalue weighted by atomic mass is 10.0. The summed E-state index contributed by atoms with van der Waals surface area (Å²) in [7, 11) is -3.84. The smallest absolute Gasteiger partial charge is 0.256 e. The van der Waals surface area contributed by atoms with Gasteiger partial charge in [-0.1, -0.05) is 29.3 Å². The quantitative estimate of drug-likeness (QED) is 0.304. The van der Waals surface area contributed by atoms with E-state index in [1.54, 1.807) is 30.3 Å². The summed E-state index contributed by atoms with van der Waals surface area (Å²) in [6.45, 7) is 7.61. The number of aryl methyl sites for hydroxylation is 1. The number of benzene rings is 2. The van der Waals surface area contributed by atoms with E-state index in [0.29, 0.717) is 33.6 Å². The summed E-state index contributed by atoms with van der Waals surface area (Å²) < 4.78 is 26.8. The SMILES string of the molecule is Cc1[nH]c(/C=C2\C(=O)Nc3ccc(S(=O)(=O)Cc4c(Cl)cccc4Cl)cc32)c(C)c1C(=O)N1CCCC1CN1CCCC1. The number of nitrogens with zero attached hydrogens (tertiary/aromatic N) is 2. The van der Waals surface area contributed by atoms with E-state index in [9.17, 15) is 18.0 Å². The van der Waals surface area contributed by atoms with Crippen molar-refractivity contribution in [2.75, 3.05) is 31.5 Å². The molecule has 2 amide bonds. The highest BCUT2D eigenvalue weighted by atomic mass is 35.5. The molecule has 4 heterocycles. The van der Waals surface area contributed by atoms with Crippen LogP contribution < -0.4 is 5.32 Å². The summed E-state index contributed by atoms with van der Waals surface area (Å²) in [6.07, 6.45) is 6.14. The standard InChI is InChI=1S/C32H34Cl2N4O4S/c1-19-29(35-20(2)30(19)32(40)38-14-6-7-21(38)17-37-12-3-4-13-37)16-24-23-15-22(10-11-28(23)36-31(24)39)43(41,42)18-25-26(33)8-5-9-27(25)34/h5,8-11,15-16,21,35H,3-4,6-7,12-14,17-18H2,1-2H3,(H,36,39)/b24-16-. The lowest BCUT2D eigenvalue weighted by molar-refractivity contribution is -0.110. The predicted octanol–water partition coefficient (Wildman–Crippen LogP) is 6.11. The molecule has 8 nitrogen and oxygen atoms in total. The monoisotopic (exact) mass is 640 g/mol. The van der Waals surface area contributed by atoms with Gasteiger partial charge < -0.3 is 20.1 Å². The van der Waals surface area contributed by atoms with Crippen molar-refractivity contribution in [1.82, 2.24) is 14.8 Å². The highest BCUT2D eigenvalue weighted by Crippen LogP contribution is 2.37. The Hall–Kier alpha value is -3.11. The van der Waals surface area contributed by atoms with Gasteiger partial charge in [0.2, 0.25) is 0 Å². The first-order chi connectivity index (χ1) is 20.5. The zero-order chi connectivity index (χ0) is 30.5. The van der Waals surface area contributed by atoms with Crippen LogP contribution in [0.3, 0.4) is 0 Å². The molecule has 0 radical (unpaired) electrons. The first-order valence-electron chi connectivity index (χ1n) is 14.6. The van der Waals surface area contributed by atoms with E-state index in [1.807, 2.05) is 18.7 Å². The van der Waals surface area contributed by atoms with Gasteiger partial charge in [-0.15, -0.1) is 0 Å². The fourth-order valence-corrected chi connectivity index (χ4v) is 8.65. The fourth-order valence-electron chi connectivity index (χ4n) is 6.53. The van der Waals surface area contributed by atoms with Crippen LogP contribution >= 0.6 is 23.2 Å². The van der Waals surface area contributed by atoms with Gasteiger partial charge in [0.25, 0.3) is 11.8 Å². The normalized spacial score (nSPS) is 19.8. The van der Waals surface area contributed by atoms with Crippen LogP contribution in [0.15, 0.2) is 41.3 Å². The van der Waals surface area contributed by atoms with Crippen molar-refractivity contribution in [3.63, 3.8) is 0 Å². The molecular formula is C32H34Cl2N4O4S. The Morgan fingerprint density at radius 1 is 1.05 bits per heavy atom. The van der Waals surface area contributed by atoms with E-state index in [4.69, 9.17) is 23.2 Å². The minimum atomic E-state index is -3.84. The van der Waals surface area contributed by atoms with Crippen molar-refractivity contribution in [2.45, 2.75) is 56.2 Å². The molecule has 43 heavy (non-hydrogen) atoms. The van der Waals surface area contributed by atoms with Crippen molar-refractivity contribution in [2.24, 2.45) is 0 Å². The van der Waals surface area contributed by atoms with E-state index < -0.39 is 9.84 Å². The molecule has 1 atom stereocenters. The van der Waals surface area contributed by atoms with E-state index >= 15 is 0 Å². The van der Waals surface area contributed by atoms with Gasteiger partial charge >= 0.3 is 0 Å². The maximum atomic E-state index is 13.8. The summed E-state index contributed by atoms with van der Waals surface area (Å²) in [5.41, 5.74) is 4.42. The van der Waals surface area contributed by atoms with Crippen LogP contribution in [0.25, 0.3) is 11.6 Å². The maximum absolute atomic E-state index is 13.8. The number of carbonyl (C=O) groups is 2. The number of nitrogens with one attached hydrogen (secondary N) is 2. The van der Waals surface area contributed by atoms with Gasteiger partial charge in [-0.3, -0.25) is 9.59 Å². The molecule has 2 saturated heterocycles. The van der Waals surface area contributed by atoms with Crippen molar-refractivity contribution in [3.8, 4) is 0 Å². The third kappa shape index (κ3) is 5.76. The molecule has 2 fully saturated rings. The lowest BCUT2D eigenvalue weighted by Gasteiger charge is -2.28. The van der Waals surface area contributed by atoms with Crippen LogP contribution in [-0.2, 0) is 20.4 Å². The molecule has 3 aliphatic heterocycles. The van der Waals surface area contributed by atoms with Crippen LogP contribution in [0.5, 0.6) is 0 Å². The van der Waals surface area contributed by atoms with Crippen molar-refractivity contribution < 1.29 is 18.0 Å². The Labute approximate surface area is 262 Å². The minimum absolute atomic E-state index is 0.0143. The minimum Gasteiger partial charge on any atom is -0.358 e. The molecule has 6 rings (SSSR count). The van der Waals surface area contributed by atoms with Gasteiger partial charge in [-0.2, -0.15) is 0 Å². The summed E-state index contributed by atoms with van der Waals surface area (Å²) in [5.74, 6) is -0.704. The molecule has 1 unspecified atom stereocenters. The number of sulfone groups is 1. The molecule has 2 aromatic carbocycles. The molecule has 0 saturated carbocycles. The second-order valence-electron chi connectivity index (χ2n) is 11.6. The average Bonchev–Trinajstić information content (AvgIpc) is 3.75. The Kier molecular flexibility index (Phi) is 8.19. The van der Waals surface area contributed by atoms with Crippen molar-refractivity contribution in [1.29, 1.82) is 0 Å². The number of likely N-dealkylation sites (tertiary alicyclic amines) is 2. The van der Waals surface area contributed by atoms with Gasteiger partial charge in [0.15, 0.2) is 9.84 Å². The predicted molar refractivity (Wildman–Crippen MR) is 170 cm³/mol. The number of amides is 2. The Morgan fingerprint density at radius 3 is 2.49 bits per heavy atom. The Balaban J connectivity index is 1.29. The van der Waals surface area contributed by atoms with Gasteiger partial charge in [-0.25, -0.2) is 8.42 Å². The number of aromatic amines is 1. The van der Waals surface area contributed by atoms with Crippen LogP contribution in [0.4, 0.5) is 5.69 Å². The van der Waals surface area contributed by atoms with Crippen LogP contribution in [0.2, 0.25) is 10.0 Å². The highest BCUT2D eigenvalue weighted by molar-refractivity contribution is 7.90. The Bertz CT molecular complexity index is 1740. The van der Waals surface area contributed by atoms with Crippen LogP contribution in [-0.4, -0.2) is 67.2 Å². The molecule has 2 N–H and O–H groups in total. The molecule has 226 valence electrons. The Morgan fingerprint density at radius 2 is 1.77 bits per heavy atom. The van der Waals surface area contributed by atoms with E-state index in [-0.39, 0.29) is 38.5 Å². The van der Waals surface area contributed by atoms with Crippen molar-refractivity contribution in [3.05, 3.63) is 80.1 Å². The molecule has 11 heteroatoms. The summed E-state index contributed by atoms with van der Waals surface area (Å²) in [5, 5.41) is 3.37. The second kappa shape index (κ2) is 11.8. The topological polar surface area (TPSA) is 103 Å². The zero-order valence-electron chi connectivity index (χ0n) is 24.2. The van der Waals surface area contributed by atoms with E-state index in [0.717, 1.165) is 50.3 Å². The summed E-state index contributed by atoms with van der Waals surface area (Å²) in [4.78, 5) is 34.7. The van der Waals surface area contributed by atoms with Crippen LogP contribution in [0.1, 0.15) is 64.1 Å². The van der Waals surface area contributed by atoms with Gasteiger partial charge in [0.1, 0.15) is 0 Å². The second-order valence-corrected chi connectivity index (χ2v) is 14.4.